The molecule has 6 heteroatoms. The van der Waals surface area contributed by atoms with Crippen molar-refractivity contribution in [3.63, 3.8) is 0 Å². The summed E-state index contributed by atoms with van der Waals surface area (Å²) in [5, 5.41) is 18.3. The average Bonchev–Trinajstić information content (AvgIpc) is 2.66. The Kier molecular flexibility index (Phi) is 25.3. The van der Waals surface area contributed by atoms with Gasteiger partial charge in [0.2, 0.25) is 5.91 Å². The van der Waals surface area contributed by atoms with Crippen molar-refractivity contribution in [2.75, 3.05) is 13.2 Å². The first-order valence-corrected chi connectivity index (χ1v) is 11.3. The third-order valence-electron chi connectivity index (χ3n) is 5.11. The number of hydrogen-bond donors (Lipinski definition) is 3. The van der Waals surface area contributed by atoms with Gasteiger partial charge in [0.05, 0.1) is 6.61 Å². The number of halogens is 1. The van der Waals surface area contributed by atoms with Gasteiger partial charge in [0, 0.05) is 6.61 Å². The van der Waals surface area contributed by atoms with Crippen molar-refractivity contribution in [3.05, 3.63) is 0 Å². The molecule has 0 heterocycles. The smallest absolute Gasteiger partial charge is 0.249 e. The fourth-order valence-corrected chi connectivity index (χ4v) is 3.34. The van der Waals surface area contributed by atoms with E-state index >= 15 is 0 Å². The topological polar surface area (TPSA) is 92.8 Å². The first-order valence-electron chi connectivity index (χ1n) is 11.3. The van der Waals surface area contributed by atoms with E-state index < -0.39 is 24.7 Å². The lowest BCUT2D eigenvalue weighted by molar-refractivity contribution is -0.139. The molecule has 0 radical (unpaired) electrons. The number of unbranched alkanes of at least 4 members (excludes halogenated alkanes) is 15. The Hall–Kier alpha value is 0.0800. The largest absolute Gasteiger partial charge is 0.394 e. The number of ether oxygens (including phenoxy) is 1. The van der Waals surface area contributed by atoms with Crippen LogP contribution in [0.5, 0.6) is 0 Å². The molecule has 0 fully saturated rings. The molecule has 0 rings (SSSR count). The van der Waals surface area contributed by atoms with Crippen LogP contribution in [0, 0.1) is 0 Å². The van der Waals surface area contributed by atoms with E-state index in [-0.39, 0.29) is 24.0 Å². The van der Waals surface area contributed by atoms with Crippen molar-refractivity contribution in [1.29, 1.82) is 0 Å². The molecule has 0 aromatic rings. The first-order chi connectivity index (χ1) is 13.1. The number of primary amides is 1. The molecular weight excluding hydrogens is 469 g/mol. The predicted molar refractivity (Wildman–Crippen MR) is 127 cm³/mol. The first kappa shape index (κ1) is 30.3. The van der Waals surface area contributed by atoms with Crippen LogP contribution in [-0.2, 0) is 9.53 Å². The molecule has 0 saturated carbocycles. The Bertz CT molecular complexity index is 332. The summed E-state index contributed by atoms with van der Waals surface area (Å²) in [6.07, 6.45) is 18.5. The Morgan fingerprint density at radius 1 is 0.786 bits per heavy atom. The van der Waals surface area contributed by atoms with Crippen LogP contribution in [0.3, 0.4) is 0 Å². The maximum Gasteiger partial charge on any atom is 0.249 e. The lowest BCUT2D eigenvalue weighted by Crippen LogP contribution is -2.43. The van der Waals surface area contributed by atoms with Gasteiger partial charge in [-0.05, 0) is 6.42 Å². The second-order valence-corrected chi connectivity index (χ2v) is 7.75. The van der Waals surface area contributed by atoms with Gasteiger partial charge in [-0.25, -0.2) is 0 Å². The Balaban J connectivity index is 0. The van der Waals surface area contributed by atoms with Gasteiger partial charge >= 0.3 is 0 Å². The molecule has 1 amide bonds. The van der Waals surface area contributed by atoms with E-state index in [1.165, 1.54) is 89.9 Å². The van der Waals surface area contributed by atoms with E-state index in [0.717, 1.165) is 12.8 Å². The SMILES string of the molecule is CCCCCCCCCCCCCCCCCCOC(C(N)=O)C(O)CO.I. The minimum atomic E-state index is -1.23. The molecule has 0 spiro atoms. The number of nitrogens with two attached hydrogens (primary N) is 1. The zero-order valence-electron chi connectivity index (χ0n) is 18.1. The number of rotatable bonds is 21. The minimum absolute atomic E-state index is 0. The van der Waals surface area contributed by atoms with Crippen LogP contribution in [0.4, 0.5) is 0 Å². The highest BCUT2D eigenvalue weighted by Gasteiger charge is 2.24. The van der Waals surface area contributed by atoms with E-state index in [1.807, 2.05) is 0 Å². The van der Waals surface area contributed by atoms with Crippen molar-refractivity contribution in [2.45, 2.75) is 122 Å². The number of hydrogen-bond acceptors (Lipinski definition) is 4. The van der Waals surface area contributed by atoms with E-state index in [2.05, 4.69) is 6.92 Å². The minimum Gasteiger partial charge on any atom is -0.394 e. The molecule has 0 aliphatic carbocycles. The van der Waals surface area contributed by atoms with Crippen LogP contribution in [-0.4, -0.2) is 41.5 Å². The summed E-state index contributed by atoms with van der Waals surface area (Å²) in [5.41, 5.74) is 5.15. The zero-order chi connectivity index (χ0) is 20.2. The van der Waals surface area contributed by atoms with Gasteiger partial charge in [0.15, 0.2) is 6.10 Å². The van der Waals surface area contributed by atoms with Crippen LogP contribution in [0.2, 0.25) is 0 Å². The fraction of sp³-hybridized carbons (Fsp3) is 0.955. The highest BCUT2D eigenvalue weighted by Crippen LogP contribution is 2.13. The standard InChI is InChI=1S/C22H45NO4.HI/c1-2-3-4-5-6-7-8-9-10-11-12-13-14-15-16-17-18-27-21(22(23)26)20(25)19-24;/h20-21,24-25H,2-19H2,1H3,(H2,23,26);1H. The van der Waals surface area contributed by atoms with Crippen molar-refractivity contribution >= 4 is 29.9 Å². The molecule has 0 aromatic heterocycles. The monoisotopic (exact) mass is 515 g/mol. The van der Waals surface area contributed by atoms with E-state index in [1.54, 1.807) is 0 Å². The Morgan fingerprint density at radius 3 is 1.46 bits per heavy atom. The summed E-state index contributed by atoms with van der Waals surface area (Å²) in [7, 11) is 0. The maximum absolute atomic E-state index is 11.1. The normalized spacial score (nSPS) is 13.1. The Morgan fingerprint density at radius 2 is 1.14 bits per heavy atom. The molecule has 0 aliphatic heterocycles. The molecule has 0 aromatic carbocycles. The van der Waals surface area contributed by atoms with Crippen LogP contribution < -0.4 is 5.73 Å². The molecule has 5 nitrogen and oxygen atoms in total. The van der Waals surface area contributed by atoms with Crippen molar-refractivity contribution in [3.8, 4) is 0 Å². The molecule has 0 saturated heterocycles. The third kappa shape index (κ3) is 19.4. The van der Waals surface area contributed by atoms with Gasteiger partial charge < -0.3 is 20.7 Å². The number of aliphatic hydroxyl groups is 2. The second kappa shape index (κ2) is 23.4. The number of carbonyl (C=O) groups is 1. The number of carbonyl (C=O) groups excluding carboxylic acids is 1. The zero-order valence-corrected chi connectivity index (χ0v) is 20.4. The van der Waals surface area contributed by atoms with Gasteiger partial charge in [0.1, 0.15) is 6.10 Å². The van der Waals surface area contributed by atoms with Gasteiger partial charge in [-0.1, -0.05) is 103 Å². The fourth-order valence-electron chi connectivity index (χ4n) is 3.34. The lowest BCUT2D eigenvalue weighted by atomic mass is 10.0. The molecule has 170 valence electrons. The molecule has 28 heavy (non-hydrogen) atoms. The van der Waals surface area contributed by atoms with Crippen molar-refractivity contribution in [2.24, 2.45) is 5.73 Å². The van der Waals surface area contributed by atoms with Crippen LogP contribution in [0.25, 0.3) is 0 Å². The van der Waals surface area contributed by atoms with Crippen LogP contribution in [0.15, 0.2) is 0 Å². The molecular formula is C22H46INO4. The Labute approximate surface area is 190 Å². The maximum atomic E-state index is 11.1. The molecule has 0 aliphatic rings. The van der Waals surface area contributed by atoms with Crippen LogP contribution >= 0.6 is 24.0 Å². The predicted octanol–water partition coefficient (Wildman–Crippen LogP) is 5.09. The number of amides is 1. The van der Waals surface area contributed by atoms with E-state index in [0.29, 0.717) is 6.61 Å². The highest BCUT2D eigenvalue weighted by molar-refractivity contribution is 14.0. The quantitative estimate of drug-likeness (QED) is 0.147. The van der Waals surface area contributed by atoms with Gasteiger partial charge in [-0.3, -0.25) is 4.79 Å². The molecule has 2 unspecified atom stereocenters. The van der Waals surface area contributed by atoms with Crippen molar-refractivity contribution in [1.82, 2.24) is 0 Å². The average molecular weight is 516 g/mol. The summed E-state index contributed by atoms with van der Waals surface area (Å²) >= 11 is 0. The molecule has 2 atom stereocenters. The van der Waals surface area contributed by atoms with Gasteiger partial charge in [-0.2, -0.15) is 0 Å². The summed E-state index contributed by atoms with van der Waals surface area (Å²) in [5.74, 6) is -0.729. The van der Waals surface area contributed by atoms with E-state index in [9.17, 15) is 9.90 Å². The summed E-state index contributed by atoms with van der Waals surface area (Å²) in [6, 6.07) is 0. The summed E-state index contributed by atoms with van der Waals surface area (Å²) in [6.45, 7) is 2.14. The van der Waals surface area contributed by atoms with Crippen LogP contribution in [0.1, 0.15) is 110 Å². The van der Waals surface area contributed by atoms with Crippen molar-refractivity contribution < 1.29 is 19.7 Å². The third-order valence-corrected chi connectivity index (χ3v) is 5.11. The molecule has 0 bridgehead atoms. The lowest BCUT2D eigenvalue weighted by Gasteiger charge is -2.18. The summed E-state index contributed by atoms with van der Waals surface area (Å²) < 4.78 is 5.29. The second-order valence-electron chi connectivity index (χ2n) is 7.75. The molecule has 4 N–H and O–H groups in total. The van der Waals surface area contributed by atoms with E-state index in [4.69, 9.17) is 15.6 Å². The van der Waals surface area contributed by atoms with Gasteiger partial charge in [0.25, 0.3) is 0 Å². The highest BCUT2D eigenvalue weighted by atomic mass is 127. The summed E-state index contributed by atoms with van der Waals surface area (Å²) in [4.78, 5) is 11.1. The van der Waals surface area contributed by atoms with Gasteiger partial charge in [-0.15, -0.1) is 24.0 Å². The number of aliphatic hydroxyl groups excluding tert-OH is 2.